The zero-order valence-electron chi connectivity index (χ0n) is 5.76. The van der Waals surface area contributed by atoms with Gasteiger partial charge in [-0.25, -0.2) is 0 Å². The fraction of sp³-hybridized carbons (Fsp3) is 0.143. The van der Waals surface area contributed by atoms with E-state index < -0.39 is 0 Å². The minimum atomic E-state index is 1.00. The third-order valence-electron chi connectivity index (χ3n) is 1.30. The largest absolute Gasteiger partial charge is 0.388 e. The summed E-state index contributed by atoms with van der Waals surface area (Å²) in [6.07, 6.45) is 0. The molecule has 0 unspecified atom stereocenters. The second kappa shape index (κ2) is 3.37. The number of anilines is 2. The summed E-state index contributed by atoms with van der Waals surface area (Å²) in [6, 6.07) is 7.88. The summed E-state index contributed by atoms with van der Waals surface area (Å²) in [7, 11) is 1.89. The summed E-state index contributed by atoms with van der Waals surface area (Å²) < 4.78 is 2.74. The number of hydrogen-bond donors (Lipinski definition) is 3. The smallest absolute Gasteiger partial charge is 0.0439 e. The highest BCUT2D eigenvalue weighted by atomic mass is 32.1. The Morgan fingerprint density at radius 3 is 2.00 bits per heavy atom. The van der Waals surface area contributed by atoms with Crippen LogP contribution in [-0.4, -0.2) is 7.05 Å². The van der Waals surface area contributed by atoms with Gasteiger partial charge in [0.05, 0.1) is 0 Å². The molecule has 0 saturated carbocycles. The van der Waals surface area contributed by atoms with Crippen molar-refractivity contribution >= 4 is 24.2 Å². The number of rotatable bonds is 2. The van der Waals surface area contributed by atoms with Crippen LogP contribution in [0.4, 0.5) is 11.4 Å². The van der Waals surface area contributed by atoms with Crippen molar-refractivity contribution in [2.24, 2.45) is 0 Å². The number of benzene rings is 1. The van der Waals surface area contributed by atoms with Crippen molar-refractivity contribution in [2.45, 2.75) is 0 Å². The van der Waals surface area contributed by atoms with Gasteiger partial charge in [-0.2, -0.15) is 0 Å². The van der Waals surface area contributed by atoms with Crippen LogP contribution < -0.4 is 10.0 Å². The summed E-state index contributed by atoms with van der Waals surface area (Å²) in [6.45, 7) is 0. The van der Waals surface area contributed by atoms with Crippen molar-refractivity contribution in [3.8, 4) is 0 Å². The van der Waals surface area contributed by atoms with Gasteiger partial charge in [-0.1, -0.05) is 12.8 Å². The molecule has 2 nitrogen and oxygen atoms in total. The molecule has 0 fully saturated rings. The lowest BCUT2D eigenvalue weighted by Gasteiger charge is -2.00. The van der Waals surface area contributed by atoms with Crippen molar-refractivity contribution in [3.63, 3.8) is 0 Å². The second-order valence-corrected chi connectivity index (χ2v) is 2.16. The molecule has 0 aliphatic carbocycles. The Kier molecular flexibility index (Phi) is 2.45. The lowest BCUT2D eigenvalue weighted by molar-refractivity contribution is 1.51. The molecular weight excluding hydrogens is 144 g/mol. The molecule has 54 valence electrons. The maximum Gasteiger partial charge on any atom is 0.0439 e. The van der Waals surface area contributed by atoms with Crippen LogP contribution in [-0.2, 0) is 0 Å². The van der Waals surface area contributed by atoms with Crippen LogP contribution in [0.1, 0.15) is 0 Å². The topological polar surface area (TPSA) is 24.1 Å². The molecule has 0 atom stereocenters. The first-order valence-electron chi connectivity index (χ1n) is 3.04. The van der Waals surface area contributed by atoms with E-state index in [4.69, 9.17) is 0 Å². The zero-order valence-corrected chi connectivity index (χ0v) is 6.65. The van der Waals surface area contributed by atoms with Gasteiger partial charge < -0.3 is 10.0 Å². The van der Waals surface area contributed by atoms with E-state index in [1.165, 1.54) is 0 Å². The van der Waals surface area contributed by atoms with Crippen molar-refractivity contribution < 1.29 is 0 Å². The molecule has 0 spiro atoms. The van der Waals surface area contributed by atoms with E-state index >= 15 is 0 Å². The molecule has 1 aromatic carbocycles. The lowest BCUT2D eigenvalue weighted by Crippen LogP contribution is -1.87. The van der Waals surface area contributed by atoms with Crippen molar-refractivity contribution in [1.82, 2.24) is 0 Å². The highest BCUT2D eigenvalue weighted by Gasteiger charge is 1.87. The number of thiol groups is 1. The van der Waals surface area contributed by atoms with E-state index in [2.05, 4.69) is 22.9 Å². The Hall–Kier alpha value is -0.830. The summed E-state index contributed by atoms with van der Waals surface area (Å²) in [4.78, 5) is 0. The van der Waals surface area contributed by atoms with Crippen LogP contribution in [0, 0.1) is 0 Å². The third-order valence-corrected chi connectivity index (χ3v) is 1.56. The molecule has 2 N–H and O–H groups in total. The maximum atomic E-state index is 3.90. The first-order chi connectivity index (χ1) is 4.86. The average molecular weight is 154 g/mol. The van der Waals surface area contributed by atoms with Crippen LogP contribution in [0.5, 0.6) is 0 Å². The molecule has 0 bridgehead atoms. The van der Waals surface area contributed by atoms with Gasteiger partial charge in [0.1, 0.15) is 0 Å². The van der Waals surface area contributed by atoms with Gasteiger partial charge in [0.2, 0.25) is 0 Å². The highest BCUT2D eigenvalue weighted by Crippen LogP contribution is 2.12. The minimum absolute atomic E-state index is 1.00. The van der Waals surface area contributed by atoms with Crippen LogP contribution in [0.25, 0.3) is 0 Å². The minimum Gasteiger partial charge on any atom is -0.388 e. The molecule has 0 aromatic heterocycles. The molecule has 0 aliphatic heterocycles. The molecule has 1 aromatic rings. The maximum absolute atomic E-state index is 3.90. The molecule has 1 rings (SSSR count). The van der Waals surface area contributed by atoms with E-state index in [0.29, 0.717) is 0 Å². The normalized spacial score (nSPS) is 9.00. The van der Waals surface area contributed by atoms with Gasteiger partial charge in [0.15, 0.2) is 0 Å². The Morgan fingerprint density at radius 2 is 1.60 bits per heavy atom. The van der Waals surface area contributed by atoms with Crippen LogP contribution in [0.2, 0.25) is 0 Å². The van der Waals surface area contributed by atoms with Crippen LogP contribution >= 0.6 is 12.8 Å². The first-order valence-corrected chi connectivity index (χ1v) is 3.49. The first kappa shape index (κ1) is 7.28. The van der Waals surface area contributed by atoms with E-state index in [-0.39, 0.29) is 0 Å². The van der Waals surface area contributed by atoms with Gasteiger partial charge in [-0.3, -0.25) is 0 Å². The summed E-state index contributed by atoms with van der Waals surface area (Å²) >= 11 is 3.90. The Balaban J connectivity index is 2.80. The summed E-state index contributed by atoms with van der Waals surface area (Å²) in [5.74, 6) is 0. The molecule has 0 saturated heterocycles. The third kappa shape index (κ3) is 1.57. The van der Waals surface area contributed by atoms with Gasteiger partial charge in [-0.05, 0) is 24.3 Å². The molecule has 0 aliphatic rings. The fourth-order valence-corrected chi connectivity index (χ4v) is 0.861. The standard InChI is InChI=1S/C7H10N2S/c1-8-6-2-4-7(9-10)5-3-6/h2-5,8-10H,1H3. The Bertz CT molecular complexity index is 172. The highest BCUT2D eigenvalue weighted by molar-refractivity contribution is 7.81. The van der Waals surface area contributed by atoms with Gasteiger partial charge >= 0.3 is 0 Å². The molecule has 10 heavy (non-hydrogen) atoms. The van der Waals surface area contributed by atoms with Crippen LogP contribution in [0.3, 0.4) is 0 Å². The molecule has 0 heterocycles. The lowest BCUT2D eigenvalue weighted by atomic mass is 10.3. The number of nitrogens with one attached hydrogen (secondary N) is 2. The fourth-order valence-electron chi connectivity index (χ4n) is 0.711. The molecule has 0 radical (unpaired) electrons. The second-order valence-electron chi connectivity index (χ2n) is 1.94. The van der Waals surface area contributed by atoms with Gasteiger partial charge in [0.25, 0.3) is 0 Å². The Morgan fingerprint density at radius 1 is 1.10 bits per heavy atom. The predicted octanol–water partition coefficient (Wildman–Crippen LogP) is 1.98. The SMILES string of the molecule is CNc1ccc(NS)cc1. The Labute approximate surface area is 66.2 Å². The van der Waals surface area contributed by atoms with Crippen molar-refractivity contribution in [1.29, 1.82) is 0 Å². The summed E-state index contributed by atoms with van der Waals surface area (Å²) in [5, 5.41) is 3.03. The molecular formula is C7H10N2S. The van der Waals surface area contributed by atoms with Crippen molar-refractivity contribution in [2.75, 3.05) is 17.1 Å². The quantitative estimate of drug-likeness (QED) is 0.567. The van der Waals surface area contributed by atoms with E-state index in [1.54, 1.807) is 0 Å². The predicted molar refractivity (Wildman–Crippen MR) is 48.6 cm³/mol. The molecule has 3 heteroatoms. The van der Waals surface area contributed by atoms with Crippen LogP contribution in [0.15, 0.2) is 24.3 Å². The monoisotopic (exact) mass is 154 g/mol. The summed E-state index contributed by atoms with van der Waals surface area (Å²) in [5.41, 5.74) is 2.11. The van der Waals surface area contributed by atoms with Crippen molar-refractivity contribution in [3.05, 3.63) is 24.3 Å². The van der Waals surface area contributed by atoms with Gasteiger partial charge in [-0.15, -0.1) is 0 Å². The zero-order chi connectivity index (χ0) is 7.40. The van der Waals surface area contributed by atoms with E-state index in [0.717, 1.165) is 11.4 Å². The molecule has 0 amide bonds. The van der Waals surface area contributed by atoms with E-state index in [9.17, 15) is 0 Å². The average Bonchev–Trinajstić information content (AvgIpc) is 2.05. The van der Waals surface area contributed by atoms with Gasteiger partial charge in [0, 0.05) is 18.4 Å². The van der Waals surface area contributed by atoms with E-state index in [1.807, 2.05) is 31.3 Å². The number of hydrogen-bond acceptors (Lipinski definition) is 3.